The van der Waals surface area contributed by atoms with Crippen LogP contribution in [0.4, 0.5) is 4.79 Å². The minimum atomic E-state index is -0.474. The second kappa shape index (κ2) is 7.99. The maximum atomic E-state index is 13.4. The second-order valence-corrected chi connectivity index (χ2v) is 11.6. The van der Waals surface area contributed by atoms with Gasteiger partial charge in [-0.3, -0.25) is 9.59 Å². The van der Waals surface area contributed by atoms with Gasteiger partial charge in [-0.2, -0.15) is 0 Å². The number of amides is 3. The Morgan fingerprint density at radius 3 is 2.44 bits per heavy atom. The Morgan fingerprint density at radius 1 is 1.06 bits per heavy atom. The number of nitrogens with zero attached hydrogens (tertiary/aromatic N) is 1. The van der Waals surface area contributed by atoms with Crippen LogP contribution in [0.25, 0.3) is 0 Å². The predicted molar refractivity (Wildman–Crippen MR) is 126 cm³/mol. The lowest BCUT2D eigenvalue weighted by molar-refractivity contribution is -0.171. The fourth-order valence-electron chi connectivity index (χ4n) is 7.69. The second-order valence-electron chi connectivity index (χ2n) is 11.6. The monoisotopic (exact) mass is 465 g/mol. The number of esters is 1. The van der Waals surface area contributed by atoms with Gasteiger partial charge in [-0.05, 0) is 80.2 Å². The summed E-state index contributed by atoms with van der Waals surface area (Å²) >= 11 is 0. The van der Waals surface area contributed by atoms with Crippen molar-refractivity contribution in [3.05, 3.63) is 35.4 Å². The highest BCUT2D eigenvalue weighted by Crippen LogP contribution is 2.60. The Morgan fingerprint density at radius 2 is 1.76 bits per heavy atom. The summed E-state index contributed by atoms with van der Waals surface area (Å²) in [4.78, 5) is 40.6. The first-order chi connectivity index (χ1) is 16.4. The molecule has 2 N–H and O–H groups in total. The molecule has 0 radical (unpaired) electrons. The molecule has 3 amide bonds. The first kappa shape index (κ1) is 21.9. The van der Waals surface area contributed by atoms with Crippen molar-refractivity contribution in [3.63, 3.8) is 0 Å². The van der Waals surface area contributed by atoms with Crippen molar-refractivity contribution in [3.8, 4) is 0 Å². The molecule has 1 aliphatic heterocycles. The quantitative estimate of drug-likeness (QED) is 0.655. The number of nitrogens with one attached hydrogen (secondary N) is 2. The molecule has 182 valence electrons. The molecule has 1 aromatic carbocycles. The summed E-state index contributed by atoms with van der Waals surface area (Å²) in [6.07, 6.45) is 7.31. The molecule has 5 aliphatic carbocycles. The Hall–Kier alpha value is -2.57. The highest BCUT2D eigenvalue weighted by atomic mass is 16.5. The Kier molecular flexibility index (Phi) is 5.15. The summed E-state index contributed by atoms with van der Waals surface area (Å²) in [6, 6.07) is 8.34. The molecule has 0 aromatic heterocycles. The summed E-state index contributed by atoms with van der Waals surface area (Å²) < 4.78 is 5.17. The SMILES string of the molecule is COC(=O)C12CC3CC(C1)C(NC(=O)C1(CNC(=O)N4CCc5ccccc5C4)CC1)C(C3)C2. The molecule has 4 bridgehead atoms. The van der Waals surface area contributed by atoms with Crippen molar-refractivity contribution in [2.24, 2.45) is 28.6 Å². The third kappa shape index (κ3) is 3.59. The van der Waals surface area contributed by atoms with Gasteiger partial charge in [-0.15, -0.1) is 0 Å². The molecule has 5 fully saturated rings. The number of carbonyl (C=O) groups is 3. The van der Waals surface area contributed by atoms with Crippen molar-refractivity contribution in [1.29, 1.82) is 0 Å². The maximum Gasteiger partial charge on any atom is 0.317 e. The van der Waals surface area contributed by atoms with Gasteiger partial charge in [0.05, 0.1) is 17.9 Å². The third-order valence-corrected chi connectivity index (χ3v) is 9.52. The Bertz CT molecular complexity index is 1000. The average Bonchev–Trinajstić information content (AvgIpc) is 3.64. The number of urea groups is 1. The average molecular weight is 466 g/mol. The number of ether oxygens (including phenoxy) is 1. The molecular formula is C27H35N3O4. The lowest BCUT2D eigenvalue weighted by atomic mass is 9.48. The minimum Gasteiger partial charge on any atom is -0.469 e. The van der Waals surface area contributed by atoms with E-state index in [1.807, 2.05) is 17.0 Å². The van der Waals surface area contributed by atoms with Crippen LogP contribution in [-0.4, -0.2) is 49.0 Å². The van der Waals surface area contributed by atoms with E-state index in [-0.39, 0.29) is 29.4 Å². The number of fused-ring (bicyclic) bond motifs is 1. The zero-order valence-corrected chi connectivity index (χ0v) is 20.0. The van der Waals surface area contributed by atoms with Gasteiger partial charge in [0.2, 0.25) is 5.91 Å². The normalized spacial score (nSPS) is 34.2. The van der Waals surface area contributed by atoms with Crippen LogP contribution in [0.3, 0.4) is 0 Å². The number of carbonyl (C=O) groups excluding carboxylic acids is 3. The predicted octanol–water partition coefficient (Wildman–Crippen LogP) is 3.02. The van der Waals surface area contributed by atoms with E-state index in [1.165, 1.54) is 18.2 Å². The molecule has 7 rings (SSSR count). The van der Waals surface area contributed by atoms with Gasteiger partial charge < -0.3 is 20.3 Å². The summed E-state index contributed by atoms with van der Waals surface area (Å²) in [5.41, 5.74) is 1.71. The van der Waals surface area contributed by atoms with Crippen LogP contribution in [0, 0.1) is 28.6 Å². The van der Waals surface area contributed by atoms with Crippen molar-refractivity contribution in [2.75, 3.05) is 20.2 Å². The largest absolute Gasteiger partial charge is 0.469 e. The van der Waals surface area contributed by atoms with E-state index in [1.54, 1.807) is 0 Å². The summed E-state index contributed by atoms with van der Waals surface area (Å²) in [6.45, 7) is 1.72. The van der Waals surface area contributed by atoms with Gasteiger partial charge in [0.25, 0.3) is 0 Å². The van der Waals surface area contributed by atoms with E-state index in [9.17, 15) is 14.4 Å². The van der Waals surface area contributed by atoms with Gasteiger partial charge in [0.1, 0.15) is 0 Å². The molecule has 2 atom stereocenters. The van der Waals surface area contributed by atoms with Gasteiger partial charge >= 0.3 is 12.0 Å². The zero-order valence-electron chi connectivity index (χ0n) is 20.0. The van der Waals surface area contributed by atoms with Crippen LogP contribution in [0.2, 0.25) is 0 Å². The lowest BCUT2D eigenvalue weighted by Crippen LogP contribution is -2.62. The van der Waals surface area contributed by atoms with Crippen LogP contribution < -0.4 is 10.6 Å². The third-order valence-electron chi connectivity index (χ3n) is 9.52. The fourth-order valence-corrected chi connectivity index (χ4v) is 7.69. The molecule has 1 aromatic rings. The van der Waals surface area contributed by atoms with E-state index < -0.39 is 5.41 Å². The smallest absolute Gasteiger partial charge is 0.317 e. The van der Waals surface area contributed by atoms with Crippen LogP contribution >= 0.6 is 0 Å². The molecule has 7 nitrogen and oxygen atoms in total. The number of methoxy groups -OCH3 is 1. The van der Waals surface area contributed by atoms with Crippen LogP contribution in [0.1, 0.15) is 56.1 Å². The summed E-state index contributed by atoms with van der Waals surface area (Å²) in [7, 11) is 1.49. The zero-order chi connectivity index (χ0) is 23.5. The molecule has 7 heteroatoms. The van der Waals surface area contributed by atoms with Crippen LogP contribution in [0.15, 0.2) is 24.3 Å². The van der Waals surface area contributed by atoms with E-state index in [0.717, 1.165) is 51.4 Å². The first-order valence-electron chi connectivity index (χ1n) is 12.9. The number of hydrogen-bond acceptors (Lipinski definition) is 4. The minimum absolute atomic E-state index is 0.0570. The summed E-state index contributed by atoms with van der Waals surface area (Å²) in [5.74, 6) is 1.31. The maximum absolute atomic E-state index is 13.4. The van der Waals surface area contributed by atoms with Crippen molar-refractivity contribution in [2.45, 2.75) is 64.0 Å². The molecule has 0 spiro atoms. The highest BCUT2D eigenvalue weighted by Gasteiger charge is 2.60. The Balaban J connectivity index is 1.06. The molecule has 1 heterocycles. The van der Waals surface area contributed by atoms with E-state index in [4.69, 9.17) is 4.74 Å². The van der Waals surface area contributed by atoms with Gasteiger partial charge in [0, 0.05) is 25.7 Å². The number of rotatable bonds is 5. The first-order valence-corrected chi connectivity index (χ1v) is 12.9. The standard InChI is InChI=1S/C27H35N3O4/c1-34-24(32)27-12-17-10-20(13-27)22(21(11-17)14-27)29-23(31)26(7-8-26)16-28-25(33)30-9-6-18-4-2-3-5-19(18)15-30/h2-5,17,20-22H,6-16H2,1H3,(H,28,33)(H,29,31). The van der Waals surface area contributed by atoms with Crippen LogP contribution in [-0.2, 0) is 27.3 Å². The molecular weight excluding hydrogens is 430 g/mol. The topological polar surface area (TPSA) is 87.7 Å². The van der Waals surface area contributed by atoms with Crippen molar-refractivity contribution in [1.82, 2.24) is 15.5 Å². The molecule has 6 aliphatic rings. The van der Waals surface area contributed by atoms with Crippen LogP contribution in [0.5, 0.6) is 0 Å². The molecule has 0 saturated heterocycles. The number of benzene rings is 1. The fraction of sp³-hybridized carbons (Fsp3) is 0.667. The molecule has 34 heavy (non-hydrogen) atoms. The van der Waals surface area contributed by atoms with E-state index in [0.29, 0.717) is 37.4 Å². The highest BCUT2D eigenvalue weighted by molar-refractivity contribution is 5.87. The number of hydrogen-bond donors (Lipinski definition) is 2. The van der Waals surface area contributed by atoms with Gasteiger partial charge in [-0.25, -0.2) is 4.79 Å². The van der Waals surface area contributed by atoms with E-state index in [2.05, 4.69) is 22.8 Å². The van der Waals surface area contributed by atoms with Gasteiger partial charge in [0.15, 0.2) is 0 Å². The van der Waals surface area contributed by atoms with Gasteiger partial charge in [-0.1, -0.05) is 24.3 Å². The van der Waals surface area contributed by atoms with E-state index >= 15 is 0 Å². The lowest BCUT2D eigenvalue weighted by Gasteiger charge is -2.58. The van der Waals surface area contributed by atoms with Crippen molar-refractivity contribution >= 4 is 17.9 Å². The molecule has 5 saturated carbocycles. The van der Waals surface area contributed by atoms with Crippen molar-refractivity contribution < 1.29 is 19.1 Å². The molecule has 2 unspecified atom stereocenters. The summed E-state index contributed by atoms with van der Waals surface area (Å²) in [5, 5.41) is 6.46. The Labute approximate surface area is 201 Å².